The van der Waals surface area contributed by atoms with Crippen molar-refractivity contribution in [3.8, 4) is 0 Å². The lowest BCUT2D eigenvalue weighted by Crippen LogP contribution is -2.26. The van der Waals surface area contributed by atoms with Gasteiger partial charge in [-0.15, -0.1) is 0 Å². The number of hydroxylamine groups is 1. The summed E-state index contributed by atoms with van der Waals surface area (Å²) in [6.07, 6.45) is 8.63. The first-order valence-electron chi connectivity index (χ1n) is 9.45. The first kappa shape index (κ1) is 18.7. The van der Waals surface area contributed by atoms with E-state index in [2.05, 4.69) is 10.3 Å². The van der Waals surface area contributed by atoms with Gasteiger partial charge in [0.2, 0.25) is 0 Å². The topological polar surface area (TPSA) is 94.2 Å². The molecule has 3 aromatic rings. The average Bonchev–Trinajstić information content (AvgIpc) is 3.46. The quantitative estimate of drug-likeness (QED) is 0.296. The van der Waals surface area contributed by atoms with Crippen LogP contribution in [0.15, 0.2) is 60.8 Å². The fraction of sp³-hybridized carbons (Fsp3) is 0.130. The number of nitrogens with one attached hydrogen (secondary N) is 3. The van der Waals surface area contributed by atoms with Crippen LogP contribution in [0.2, 0.25) is 0 Å². The van der Waals surface area contributed by atoms with Crippen LogP contribution in [0.25, 0.3) is 28.6 Å². The molecule has 2 amide bonds. The maximum absolute atomic E-state index is 12.9. The van der Waals surface area contributed by atoms with Crippen molar-refractivity contribution >= 4 is 40.4 Å². The van der Waals surface area contributed by atoms with Gasteiger partial charge in [-0.2, -0.15) is 0 Å². The molecule has 1 aliphatic carbocycles. The second-order valence-electron chi connectivity index (χ2n) is 7.03. The Kier molecular flexibility index (Phi) is 5.27. The van der Waals surface area contributed by atoms with Gasteiger partial charge in [0.1, 0.15) is 0 Å². The Balaban J connectivity index is 1.67. The SMILES string of the molecule is O=C(/C=C/c1ccc(/C=C(\C(=O)NC2CC2)c2c[nH]c3ccccc23)cc1)NO. The third-order valence-electron chi connectivity index (χ3n) is 4.82. The van der Waals surface area contributed by atoms with E-state index in [-0.39, 0.29) is 11.9 Å². The van der Waals surface area contributed by atoms with E-state index in [1.54, 1.807) is 11.6 Å². The molecular weight excluding hydrogens is 366 g/mol. The first-order valence-corrected chi connectivity index (χ1v) is 9.45. The molecular formula is C23H21N3O3. The van der Waals surface area contributed by atoms with Crippen LogP contribution in [0, 0.1) is 0 Å². The van der Waals surface area contributed by atoms with Crippen molar-refractivity contribution in [2.45, 2.75) is 18.9 Å². The van der Waals surface area contributed by atoms with Crippen molar-refractivity contribution in [1.82, 2.24) is 15.8 Å². The fourth-order valence-corrected chi connectivity index (χ4v) is 3.13. The average molecular weight is 387 g/mol. The Labute approximate surface area is 167 Å². The van der Waals surface area contributed by atoms with E-state index >= 15 is 0 Å². The minimum absolute atomic E-state index is 0.0826. The molecule has 0 bridgehead atoms. The van der Waals surface area contributed by atoms with E-state index in [1.165, 1.54) is 6.08 Å². The summed E-state index contributed by atoms with van der Waals surface area (Å²) >= 11 is 0. The van der Waals surface area contributed by atoms with Crippen molar-refractivity contribution in [3.63, 3.8) is 0 Å². The van der Waals surface area contributed by atoms with Crippen molar-refractivity contribution in [2.24, 2.45) is 0 Å². The van der Waals surface area contributed by atoms with Gasteiger partial charge >= 0.3 is 0 Å². The molecule has 6 heteroatoms. The number of hydrogen-bond acceptors (Lipinski definition) is 3. The maximum atomic E-state index is 12.9. The van der Waals surface area contributed by atoms with Crippen LogP contribution in [0.5, 0.6) is 0 Å². The lowest BCUT2D eigenvalue weighted by atomic mass is 10.0. The molecule has 0 atom stereocenters. The molecule has 0 aliphatic heterocycles. The molecule has 4 N–H and O–H groups in total. The van der Waals surface area contributed by atoms with Crippen LogP contribution >= 0.6 is 0 Å². The Bertz CT molecular complexity index is 1110. The monoisotopic (exact) mass is 387 g/mol. The van der Waals surface area contributed by atoms with Gasteiger partial charge in [0, 0.05) is 40.4 Å². The number of aromatic nitrogens is 1. The minimum atomic E-state index is -0.590. The number of rotatable bonds is 6. The molecule has 29 heavy (non-hydrogen) atoms. The summed E-state index contributed by atoms with van der Waals surface area (Å²) in [4.78, 5) is 27.3. The van der Waals surface area contributed by atoms with Gasteiger partial charge in [0.15, 0.2) is 0 Å². The number of para-hydroxylation sites is 1. The standard InChI is InChI=1S/C23H21N3O3/c27-22(26-29)12-9-15-5-7-16(8-6-15)13-19(23(28)25-17-10-11-17)20-14-24-21-4-2-1-3-18(20)21/h1-9,12-14,17,24,29H,10-11H2,(H,25,28)(H,26,27)/b12-9+,19-13-. The van der Waals surface area contributed by atoms with Gasteiger partial charge in [-0.05, 0) is 42.2 Å². The van der Waals surface area contributed by atoms with E-state index in [1.807, 2.05) is 60.8 Å². The van der Waals surface area contributed by atoms with Crippen LogP contribution in [0.3, 0.4) is 0 Å². The van der Waals surface area contributed by atoms with Crippen molar-refractivity contribution in [3.05, 3.63) is 77.5 Å². The summed E-state index contributed by atoms with van der Waals surface area (Å²) in [5, 5.41) is 12.6. The van der Waals surface area contributed by atoms with Crippen LogP contribution in [0.1, 0.15) is 29.5 Å². The predicted molar refractivity (Wildman–Crippen MR) is 113 cm³/mol. The zero-order chi connectivity index (χ0) is 20.2. The largest absolute Gasteiger partial charge is 0.361 e. The number of carbonyl (C=O) groups excluding carboxylic acids is 2. The summed E-state index contributed by atoms with van der Waals surface area (Å²) in [6, 6.07) is 15.6. The molecule has 0 saturated heterocycles. The number of fused-ring (bicyclic) bond motifs is 1. The molecule has 1 fully saturated rings. The lowest BCUT2D eigenvalue weighted by molar-refractivity contribution is -0.124. The number of amides is 2. The van der Waals surface area contributed by atoms with Crippen molar-refractivity contribution in [1.29, 1.82) is 0 Å². The Morgan fingerprint density at radius 2 is 1.76 bits per heavy atom. The third-order valence-corrected chi connectivity index (χ3v) is 4.82. The Morgan fingerprint density at radius 3 is 2.48 bits per heavy atom. The Hall–Kier alpha value is -3.64. The van der Waals surface area contributed by atoms with Crippen LogP contribution < -0.4 is 10.8 Å². The van der Waals surface area contributed by atoms with Gasteiger partial charge < -0.3 is 10.3 Å². The molecule has 1 saturated carbocycles. The van der Waals surface area contributed by atoms with Crippen molar-refractivity contribution in [2.75, 3.05) is 0 Å². The molecule has 0 unspecified atom stereocenters. The van der Waals surface area contributed by atoms with Gasteiger partial charge in [-0.1, -0.05) is 42.5 Å². The molecule has 2 aromatic carbocycles. The first-order chi connectivity index (χ1) is 14.1. The van der Waals surface area contributed by atoms with Gasteiger partial charge in [-0.3, -0.25) is 14.8 Å². The highest BCUT2D eigenvalue weighted by atomic mass is 16.5. The fourth-order valence-electron chi connectivity index (χ4n) is 3.13. The molecule has 0 spiro atoms. The number of hydrogen-bond donors (Lipinski definition) is 4. The van der Waals surface area contributed by atoms with Gasteiger partial charge in [0.25, 0.3) is 11.8 Å². The summed E-state index contributed by atoms with van der Waals surface area (Å²) in [5.74, 6) is -0.673. The zero-order valence-electron chi connectivity index (χ0n) is 15.7. The smallest absolute Gasteiger partial charge is 0.267 e. The number of aromatic amines is 1. The van der Waals surface area contributed by atoms with E-state index in [9.17, 15) is 9.59 Å². The summed E-state index contributed by atoms with van der Waals surface area (Å²) in [5.41, 5.74) is 5.69. The second kappa shape index (κ2) is 8.16. The predicted octanol–water partition coefficient (Wildman–Crippen LogP) is 3.51. The highest BCUT2D eigenvalue weighted by molar-refractivity contribution is 6.27. The third kappa shape index (κ3) is 4.44. The maximum Gasteiger partial charge on any atom is 0.267 e. The normalized spacial score (nSPS) is 14.3. The lowest BCUT2D eigenvalue weighted by Gasteiger charge is -2.08. The van der Waals surface area contributed by atoms with E-state index in [0.717, 1.165) is 40.4 Å². The highest BCUT2D eigenvalue weighted by Crippen LogP contribution is 2.28. The van der Waals surface area contributed by atoms with Crippen LogP contribution in [-0.2, 0) is 9.59 Å². The van der Waals surface area contributed by atoms with Crippen LogP contribution in [0.4, 0.5) is 0 Å². The molecule has 0 radical (unpaired) electrons. The highest BCUT2D eigenvalue weighted by Gasteiger charge is 2.26. The van der Waals surface area contributed by atoms with Gasteiger partial charge in [0.05, 0.1) is 0 Å². The molecule has 1 aliphatic rings. The molecule has 146 valence electrons. The van der Waals surface area contributed by atoms with E-state index in [0.29, 0.717) is 5.57 Å². The number of benzene rings is 2. The number of carbonyl (C=O) groups is 2. The molecule has 6 nitrogen and oxygen atoms in total. The second-order valence-corrected chi connectivity index (χ2v) is 7.03. The molecule has 4 rings (SSSR count). The molecule has 1 aromatic heterocycles. The Morgan fingerprint density at radius 1 is 1.03 bits per heavy atom. The molecule has 1 heterocycles. The summed E-state index contributed by atoms with van der Waals surface area (Å²) < 4.78 is 0. The van der Waals surface area contributed by atoms with E-state index < -0.39 is 5.91 Å². The zero-order valence-corrected chi connectivity index (χ0v) is 15.7. The number of H-pyrrole nitrogens is 1. The summed E-state index contributed by atoms with van der Waals surface area (Å²) in [7, 11) is 0. The van der Waals surface area contributed by atoms with Crippen molar-refractivity contribution < 1.29 is 14.8 Å². The van der Waals surface area contributed by atoms with E-state index in [4.69, 9.17) is 5.21 Å². The minimum Gasteiger partial charge on any atom is -0.361 e. The summed E-state index contributed by atoms with van der Waals surface area (Å²) in [6.45, 7) is 0. The van der Waals surface area contributed by atoms with Gasteiger partial charge in [-0.25, -0.2) is 5.48 Å². The van der Waals surface area contributed by atoms with Crippen LogP contribution in [-0.4, -0.2) is 28.0 Å².